The summed E-state index contributed by atoms with van der Waals surface area (Å²) in [4.78, 5) is 42.0. The molecule has 2 bridgehead atoms. The van der Waals surface area contributed by atoms with Crippen molar-refractivity contribution in [2.24, 2.45) is 0 Å². The summed E-state index contributed by atoms with van der Waals surface area (Å²) in [5.41, 5.74) is -1.47. The first-order chi connectivity index (χ1) is 19.1. The van der Waals surface area contributed by atoms with Gasteiger partial charge in [-0.3, -0.25) is 14.4 Å². The van der Waals surface area contributed by atoms with Crippen molar-refractivity contribution in [2.45, 2.75) is 50.4 Å². The molecule has 0 saturated carbocycles. The second-order valence-electron chi connectivity index (χ2n) is 10.5. The lowest BCUT2D eigenvalue weighted by atomic mass is 9.84. The van der Waals surface area contributed by atoms with Gasteiger partial charge in [0.25, 0.3) is 11.8 Å². The molecule has 6 rings (SSSR count). The minimum Gasteiger partial charge on any atom is -0.491 e. The number of fused-ring (bicyclic) bond motifs is 6. The van der Waals surface area contributed by atoms with Crippen LogP contribution in [0.2, 0.25) is 0 Å². The molecule has 2 amide bonds. The minimum atomic E-state index is -1.17. The van der Waals surface area contributed by atoms with Gasteiger partial charge in [-0.15, -0.1) is 0 Å². The van der Waals surface area contributed by atoms with Gasteiger partial charge in [-0.1, -0.05) is 18.2 Å². The lowest BCUT2D eigenvalue weighted by molar-refractivity contribution is 0.0148. The standard InChI is InChI=1S/C29H26F3N3O5/c1-15-7-8-29(11-16-5-3-4-6-22(16)40-29)23-14-34(15)28(38)24-26(39-2)25(36)19(13-35(23)24)27(37)33-12-18-20(31)9-17(30)10-21(18)32/h3-6,9-10,13,15,23H,7-8,11-12,14H2,1-2H3,(H,33,37)/t15?,23?,29-/m0/s1. The maximum absolute atomic E-state index is 14.1. The smallest absolute Gasteiger partial charge is 0.274 e. The van der Waals surface area contributed by atoms with E-state index in [0.717, 1.165) is 11.3 Å². The molecule has 40 heavy (non-hydrogen) atoms. The van der Waals surface area contributed by atoms with Crippen molar-refractivity contribution >= 4 is 11.8 Å². The summed E-state index contributed by atoms with van der Waals surface area (Å²) < 4.78 is 55.2. The highest BCUT2D eigenvalue weighted by Crippen LogP contribution is 2.48. The molecule has 3 aliphatic heterocycles. The average molecular weight is 554 g/mol. The number of benzene rings is 2. The highest BCUT2D eigenvalue weighted by Gasteiger charge is 2.54. The Morgan fingerprint density at radius 1 is 1.18 bits per heavy atom. The van der Waals surface area contributed by atoms with Crippen molar-refractivity contribution in [1.29, 1.82) is 0 Å². The van der Waals surface area contributed by atoms with Gasteiger partial charge in [0.1, 0.15) is 34.4 Å². The van der Waals surface area contributed by atoms with Gasteiger partial charge in [0.15, 0.2) is 11.4 Å². The number of pyridine rings is 1. The van der Waals surface area contributed by atoms with Crippen LogP contribution in [0.25, 0.3) is 0 Å². The molecule has 2 unspecified atom stereocenters. The molecule has 1 spiro atoms. The van der Waals surface area contributed by atoms with Crippen molar-refractivity contribution in [3.63, 3.8) is 0 Å². The van der Waals surface area contributed by atoms with Crippen LogP contribution in [0.15, 0.2) is 47.4 Å². The van der Waals surface area contributed by atoms with Crippen molar-refractivity contribution in [2.75, 3.05) is 13.7 Å². The molecule has 0 aliphatic carbocycles. The molecule has 3 aromatic rings. The number of nitrogens with one attached hydrogen (secondary N) is 1. The first-order valence-corrected chi connectivity index (χ1v) is 13.0. The quantitative estimate of drug-likeness (QED) is 0.532. The topological polar surface area (TPSA) is 89.9 Å². The SMILES string of the molecule is COc1c2n(cc(C(=O)NCc3c(F)cc(F)cc3F)c1=O)C1CN(C2=O)C(C)CC[C@]12Cc1ccccc1O2. The monoisotopic (exact) mass is 553 g/mol. The van der Waals surface area contributed by atoms with Crippen LogP contribution in [0.5, 0.6) is 11.5 Å². The van der Waals surface area contributed by atoms with Crippen molar-refractivity contribution in [1.82, 2.24) is 14.8 Å². The molecule has 3 atom stereocenters. The van der Waals surface area contributed by atoms with E-state index in [1.807, 2.05) is 31.2 Å². The normalized spacial score (nSPS) is 22.8. The van der Waals surface area contributed by atoms with Gasteiger partial charge in [0.2, 0.25) is 5.43 Å². The van der Waals surface area contributed by atoms with E-state index in [1.54, 1.807) is 9.47 Å². The van der Waals surface area contributed by atoms with Crippen molar-refractivity contribution < 1.29 is 32.2 Å². The van der Waals surface area contributed by atoms with E-state index in [2.05, 4.69) is 5.32 Å². The van der Waals surface area contributed by atoms with E-state index in [9.17, 15) is 27.6 Å². The van der Waals surface area contributed by atoms with Gasteiger partial charge >= 0.3 is 0 Å². The Morgan fingerprint density at radius 2 is 1.90 bits per heavy atom. The summed E-state index contributed by atoms with van der Waals surface area (Å²) in [7, 11) is 1.24. The zero-order valence-corrected chi connectivity index (χ0v) is 21.8. The molecule has 1 N–H and O–H groups in total. The summed E-state index contributed by atoms with van der Waals surface area (Å²) in [5, 5.41) is 2.34. The fourth-order valence-corrected chi connectivity index (χ4v) is 6.14. The van der Waals surface area contributed by atoms with Gasteiger partial charge in [-0.05, 0) is 31.4 Å². The van der Waals surface area contributed by atoms with E-state index in [0.29, 0.717) is 37.9 Å². The third-order valence-electron chi connectivity index (χ3n) is 8.24. The number of rotatable bonds is 4. The van der Waals surface area contributed by atoms with E-state index < -0.39 is 58.4 Å². The Balaban J connectivity index is 1.44. The molecular formula is C29H26F3N3O5. The van der Waals surface area contributed by atoms with Crippen LogP contribution in [0, 0.1) is 17.5 Å². The number of carbonyl (C=O) groups excluding carboxylic acids is 2. The Kier molecular flexibility index (Phi) is 6.12. The average Bonchev–Trinajstić information content (AvgIpc) is 3.25. The molecule has 1 fully saturated rings. The molecule has 2 aromatic carbocycles. The summed E-state index contributed by atoms with van der Waals surface area (Å²) in [6.45, 7) is 1.61. The number of hydrogen-bond donors (Lipinski definition) is 1. The fourth-order valence-electron chi connectivity index (χ4n) is 6.14. The number of hydrogen-bond acceptors (Lipinski definition) is 5. The number of aromatic nitrogens is 1. The van der Waals surface area contributed by atoms with Gasteiger partial charge in [-0.25, -0.2) is 13.2 Å². The third kappa shape index (κ3) is 3.94. The number of methoxy groups -OCH3 is 1. The van der Waals surface area contributed by atoms with Gasteiger partial charge in [0, 0.05) is 49.4 Å². The molecule has 11 heteroatoms. The zero-order valence-electron chi connectivity index (χ0n) is 21.8. The molecule has 3 aliphatic rings. The Hall–Kier alpha value is -4.28. The minimum absolute atomic E-state index is 0.0172. The fraction of sp³-hybridized carbons (Fsp3) is 0.345. The largest absolute Gasteiger partial charge is 0.491 e. The summed E-state index contributed by atoms with van der Waals surface area (Å²) in [5.74, 6) is -4.31. The molecule has 208 valence electrons. The highest BCUT2D eigenvalue weighted by molar-refractivity contribution is 5.99. The van der Waals surface area contributed by atoms with Crippen LogP contribution in [-0.4, -0.2) is 46.6 Å². The maximum Gasteiger partial charge on any atom is 0.274 e. The van der Waals surface area contributed by atoms with E-state index >= 15 is 0 Å². The third-order valence-corrected chi connectivity index (χ3v) is 8.24. The number of ether oxygens (including phenoxy) is 2. The molecule has 8 nitrogen and oxygen atoms in total. The van der Waals surface area contributed by atoms with Crippen molar-refractivity contribution in [3.8, 4) is 11.5 Å². The molecular weight excluding hydrogens is 527 g/mol. The lowest BCUT2D eigenvalue weighted by Gasteiger charge is -2.43. The number of halogens is 3. The van der Waals surface area contributed by atoms with Gasteiger partial charge in [0.05, 0.1) is 13.2 Å². The predicted molar refractivity (Wildman–Crippen MR) is 137 cm³/mol. The first kappa shape index (κ1) is 26.0. The highest BCUT2D eigenvalue weighted by atomic mass is 19.1. The number of carbonyl (C=O) groups is 2. The Bertz CT molecular complexity index is 1570. The summed E-state index contributed by atoms with van der Waals surface area (Å²) in [6.07, 6.45) is 3.16. The second-order valence-corrected chi connectivity index (χ2v) is 10.5. The van der Waals surface area contributed by atoms with Gasteiger partial charge in [-0.2, -0.15) is 0 Å². The summed E-state index contributed by atoms with van der Waals surface area (Å²) in [6, 6.07) is 8.12. The zero-order chi connectivity index (χ0) is 28.3. The molecule has 4 heterocycles. The van der Waals surface area contributed by atoms with E-state index in [4.69, 9.17) is 9.47 Å². The van der Waals surface area contributed by atoms with Crippen LogP contribution in [0.1, 0.15) is 57.8 Å². The van der Waals surface area contributed by atoms with Crippen molar-refractivity contribution in [3.05, 3.63) is 92.7 Å². The molecule has 0 radical (unpaired) electrons. The van der Waals surface area contributed by atoms with Crippen LogP contribution in [0.3, 0.4) is 0 Å². The first-order valence-electron chi connectivity index (χ1n) is 13.0. The van der Waals surface area contributed by atoms with E-state index in [-0.39, 0.29) is 23.0 Å². The van der Waals surface area contributed by atoms with Crippen LogP contribution in [0.4, 0.5) is 13.2 Å². The number of amides is 2. The molecule has 1 saturated heterocycles. The second kappa shape index (κ2) is 9.42. The predicted octanol–water partition coefficient (Wildman–Crippen LogP) is 3.76. The van der Waals surface area contributed by atoms with Crippen LogP contribution >= 0.6 is 0 Å². The van der Waals surface area contributed by atoms with Crippen LogP contribution in [-0.2, 0) is 13.0 Å². The lowest BCUT2D eigenvalue weighted by Crippen LogP contribution is -2.54. The Morgan fingerprint density at radius 3 is 2.60 bits per heavy atom. The number of para-hydroxylation sites is 1. The summed E-state index contributed by atoms with van der Waals surface area (Å²) >= 11 is 0. The Labute approximate surface area is 227 Å². The van der Waals surface area contributed by atoms with E-state index in [1.165, 1.54) is 13.3 Å². The molecule has 1 aromatic heterocycles. The van der Waals surface area contributed by atoms with Gasteiger partial charge < -0.3 is 24.3 Å². The maximum atomic E-state index is 14.1. The van der Waals surface area contributed by atoms with Crippen LogP contribution < -0.4 is 20.2 Å². The number of nitrogens with zero attached hydrogens (tertiary/aromatic N) is 2.